The molecule has 0 heterocycles. The maximum absolute atomic E-state index is 13.4. The van der Waals surface area contributed by atoms with Gasteiger partial charge in [0.1, 0.15) is 12.6 Å². The van der Waals surface area contributed by atoms with E-state index in [0.717, 1.165) is 24.0 Å². The van der Waals surface area contributed by atoms with Crippen LogP contribution in [0.2, 0.25) is 5.02 Å². The number of nitrogens with zero attached hydrogens (tertiary/aromatic N) is 2. The minimum atomic E-state index is -4.83. The molecule has 0 saturated heterocycles. The van der Waals surface area contributed by atoms with Gasteiger partial charge in [-0.2, -0.15) is 13.2 Å². The zero-order valence-corrected chi connectivity index (χ0v) is 21.9. The van der Waals surface area contributed by atoms with Gasteiger partial charge in [0.15, 0.2) is 0 Å². The van der Waals surface area contributed by atoms with Crippen LogP contribution in [0.25, 0.3) is 0 Å². The molecule has 0 saturated carbocycles. The Morgan fingerprint density at radius 2 is 1.67 bits per heavy atom. The molecule has 2 amide bonds. The van der Waals surface area contributed by atoms with Gasteiger partial charge >= 0.3 is 6.18 Å². The van der Waals surface area contributed by atoms with Crippen LogP contribution in [-0.4, -0.2) is 56.6 Å². The first-order chi connectivity index (χ1) is 16.6. The summed E-state index contributed by atoms with van der Waals surface area (Å²) in [5, 5.41) is 2.11. The minimum Gasteiger partial charge on any atom is -0.352 e. The number of hydrogen-bond donors (Lipinski definition) is 1. The Labute approximate surface area is 214 Å². The predicted octanol–water partition coefficient (Wildman–Crippen LogP) is 4.11. The molecule has 12 heteroatoms. The third kappa shape index (κ3) is 8.12. The molecule has 0 bridgehead atoms. The van der Waals surface area contributed by atoms with E-state index in [2.05, 4.69) is 5.32 Å². The maximum atomic E-state index is 13.4. The lowest BCUT2D eigenvalue weighted by molar-refractivity contribution is -0.139. The summed E-state index contributed by atoms with van der Waals surface area (Å²) in [4.78, 5) is 27.3. The molecular formula is C24H29ClF3N3O4S. The van der Waals surface area contributed by atoms with E-state index in [9.17, 15) is 31.2 Å². The summed E-state index contributed by atoms with van der Waals surface area (Å²) < 4.78 is 65.7. The zero-order valence-electron chi connectivity index (χ0n) is 20.3. The van der Waals surface area contributed by atoms with Crippen LogP contribution in [0.3, 0.4) is 0 Å². The second-order valence-corrected chi connectivity index (χ2v) is 10.9. The van der Waals surface area contributed by atoms with Crippen LogP contribution < -0.4 is 9.62 Å². The van der Waals surface area contributed by atoms with Gasteiger partial charge in [-0.15, -0.1) is 0 Å². The highest BCUT2D eigenvalue weighted by molar-refractivity contribution is 7.92. The number of anilines is 1. The average molecular weight is 548 g/mol. The van der Waals surface area contributed by atoms with Crippen molar-refractivity contribution in [2.24, 2.45) is 0 Å². The molecule has 2 rings (SSSR count). The second-order valence-electron chi connectivity index (χ2n) is 8.59. The third-order valence-corrected chi connectivity index (χ3v) is 6.78. The molecule has 36 heavy (non-hydrogen) atoms. The molecule has 0 aliphatic carbocycles. The standard InChI is InChI=1S/C24H29ClF3N3O4S/c1-16(2)29-23(33)17(3)30(13-12-18-8-6-5-7-9-18)22(32)15-31(36(4,34)35)19-10-11-21(25)20(14-19)24(26,27)28/h5-11,14,16-17H,12-13,15H2,1-4H3,(H,29,33)/t17-/m0/s1. The molecule has 0 aliphatic rings. The van der Waals surface area contributed by atoms with Crippen molar-refractivity contribution < 1.29 is 31.2 Å². The van der Waals surface area contributed by atoms with Gasteiger partial charge in [-0.1, -0.05) is 41.9 Å². The summed E-state index contributed by atoms with van der Waals surface area (Å²) >= 11 is 5.67. The molecule has 1 N–H and O–H groups in total. The van der Waals surface area contributed by atoms with Crippen molar-refractivity contribution in [1.29, 1.82) is 0 Å². The number of halogens is 4. The molecule has 0 fully saturated rings. The molecule has 7 nitrogen and oxygen atoms in total. The van der Waals surface area contributed by atoms with Gasteiger partial charge < -0.3 is 10.2 Å². The third-order valence-electron chi connectivity index (χ3n) is 5.30. The predicted molar refractivity (Wildman–Crippen MR) is 133 cm³/mol. The van der Waals surface area contributed by atoms with E-state index in [1.807, 2.05) is 30.3 Å². The van der Waals surface area contributed by atoms with Gasteiger partial charge in [-0.05, 0) is 51.0 Å². The summed E-state index contributed by atoms with van der Waals surface area (Å²) in [5.74, 6) is -1.19. The lowest BCUT2D eigenvalue weighted by Gasteiger charge is -2.32. The number of nitrogens with one attached hydrogen (secondary N) is 1. The largest absolute Gasteiger partial charge is 0.417 e. The van der Waals surface area contributed by atoms with Crippen LogP contribution in [0.1, 0.15) is 31.9 Å². The van der Waals surface area contributed by atoms with Gasteiger partial charge in [-0.25, -0.2) is 8.42 Å². The number of benzene rings is 2. The van der Waals surface area contributed by atoms with Gasteiger partial charge in [0.25, 0.3) is 0 Å². The van der Waals surface area contributed by atoms with Crippen molar-refractivity contribution in [3.05, 3.63) is 64.7 Å². The molecule has 198 valence electrons. The number of carbonyl (C=O) groups excluding carboxylic acids is 2. The summed E-state index contributed by atoms with van der Waals surface area (Å²) in [6, 6.07) is 10.6. The number of hydrogen-bond acceptors (Lipinski definition) is 4. The smallest absolute Gasteiger partial charge is 0.352 e. The average Bonchev–Trinajstić information content (AvgIpc) is 2.76. The van der Waals surface area contributed by atoms with Crippen molar-refractivity contribution >= 4 is 39.1 Å². The SMILES string of the molecule is CC(C)NC(=O)[C@H](C)N(CCc1ccccc1)C(=O)CN(c1ccc(Cl)c(C(F)(F)F)c1)S(C)(=O)=O. The molecule has 0 unspecified atom stereocenters. The van der Waals surface area contributed by atoms with Gasteiger partial charge in [-0.3, -0.25) is 13.9 Å². The van der Waals surface area contributed by atoms with Crippen LogP contribution in [0.15, 0.2) is 48.5 Å². The molecule has 0 aromatic heterocycles. The van der Waals surface area contributed by atoms with Crippen LogP contribution in [-0.2, 0) is 32.2 Å². The highest BCUT2D eigenvalue weighted by Gasteiger charge is 2.35. The summed E-state index contributed by atoms with van der Waals surface area (Å²) in [7, 11) is -4.18. The Morgan fingerprint density at radius 3 is 2.19 bits per heavy atom. The fourth-order valence-corrected chi connectivity index (χ4v) is 4.54. The lowest BCUT2D eigenvalue weighted by atomic mass is 10.1. The number of rotatable bonds is 10. The Balaban J connectivity index is 2.41. The van der Waals surface area contributed by atoms with Crippen LogP contribution in [0, 0.1) is 0 Å². The van der Waals surface area contributed by atoms with Crippen LogP contribution >= 0.6 is 11.6 Å². The molecule has 2 aromatic carbocycles. The Bertz CT molecular complexity index is 1170. The fourth-order valence-electron chi connectivity index (χ4n) is 3.47. The molecule has 0 radical (unpaired) electrons. The van der Waals surface area contributed by atoms with E-state index in [1.54, 1.807) is 13.8 Å². The first-order valence-corrected chi connectivity index (χ1v) is 13.3. The first-order valence-electron chi connectivity index (χ1n) is 11.1. The molecule has 2 aromatic rings. The molecule has 0 aliphatic heterocycles. The number of sulfonamides is 1. The van der Waals surface area contributed by atoms with E-state index < -0.39 is 51.2 Å². The van der Waals surface area contributed by atoms with Crippen LogP contribution in [0.5, 0.6) is 0 Å². The number of amides is 2. The lowest BCUT2D eigenvalue weighted by Crippen LogP contribution is -2.53. The topological polar surface area (TPSA) is 86.8 Å². The quantitative estimate of drug-likeness (QED) is 0.485. The van der Waals surface area contributed by atoms with Gasteiger partial charge in [0, 0.05) is 12.6 Å². The molecule has 0 spiro atoms. The van der Waals surface area contributed by atoms with Crippen LogP contribution in [0.4, 0.5) is 18.9 Å². The van der Waals surface area contributed by atoms with Crippen molar-refractivity contribution in [2.45, 2.75) is 45.5 Å². The van der Waals surface area contributed by atoms with E-state index in [0.29, 0.717) is 16.8 Å². The summed E-state index contributed by atoms with van der Waals surface area (Å²) in [6.07, 6.45) is -3.67. The zero-order chi connectivity index (χ0) is 27.3. The number of alkyl halides is 3. The van der Waals surface area contributed by atoms with Crippen molar-refractivity contribution in [3.63, 3.8) is 0 Å². The Kier molecular flexibility index (Phi) is 9.78. The summed E-state index contributed by atoms with van der Waals surface area (Å²) in [6.45, 7) is 4.30. The van der Waals surface area contributed by atoms with Crippen molar-refractivity contribution in [2.75, 3.05) is 23.7 Å². The van der Waals surface area contributed by atoms with Crippen molar-refractivity contribution in [3.8, 4) is 0 Å². The molecular weight excluding hydrogens is 519 g/mol. The van der Waals surface area contributed by atoms with E-state index in [4.69, 9.17) is 11.6 Å². The maximum Gasteiger partial charge on any atom is 0.417 e. The monoisotopic (exact) mass is 547 g/mol. The van der Waals surface area contributed by atoms with Gasteiger partial charge in [0.05, 0.1) is 22.5 Å². The second kappa shape index (κ2) is 12.0. The first kappa shape index (κ1) is 29.4. The normalized spacial score (nSPS) is 12.8. The number of carbonyl (C=O) groups is 2. The Morgan fingerprint density at radius 1 is 1.06 bits per heavy atom. The highest BCUT2D eigenvalue weighted by Crippen LogP contribution is 2.37. The fraction of sp³-hybridized carbons (Fsp3) is 0.417. The molecule has 1 atom stereocenters. The van der Waals surface area contributed by atoms with E-state index in [1.165, 1.54) is 11.8 Å². The van der Waals surface area contributed by atoms with Crippen molar-refractivity contribution in [1.82, 2.24) is 10.2 Å². The summed E-state index contributed by atoms with van der Waals surface area (Å²) in [5.41, 5.74) is -0.711. The minimum absolute atomic E-state index is 0.0849. The van der Waals surface area contributed by atoms with Gasteiger partial charge in [0.2, 0.25) is 21.8 Å². The highest BCUT2D eigenvalue weighted by atomic mass is 35.5. The van der Waals surface area contributed by atoms with E-state index >= 15 is 0 Å². The van der Waals surface area contributed by atoms with E-state index in [-0.39, 0.29) is 18.3 Å². The Hall–Kier alpha value is -2.79.